The molecular weight excluding hydrogens is 724 g/mol. The first kappa shape index (κ1) is 40.3. The van der Waals surface area contributed by atoms with Crippen molar-refractivity contribution in [3.05, 3.63) is 159 Å². The van der Waals surface area contributed by atoms with Gasteiger partial charge in [-0.2, -0.15) is 0 Å². The molecular formula is C45H53N2O6PSi. The van der Waals surface area contributed by atoms with Crippen LogP contribution in [0.25, 0.3) is 0 Å². The number of rotatable bonds is 14. The van der Waals surface area contributed by atoms with Crippen LogP contribution in [0.4, 0.5) is 0 Å². The minimum Gasteiger partial charge on any atom is -0.414 e. The quantitative estimate of drug-likeness (QED) is 0.0879. The first-order valence-electron chi connectivity index (χ1n) is 19.0. The van der Waals surface area contributed by atoms with Crippen molar-refractivity contribution >= 4 is 42.7 Å². The van der Waals surface area contributed by atoms with Gasteiger partial charge in [0, 0.05) is 18.2 Å². The number of carbonyl (C=O) groups is 1. The van der Waals surface area contributed by atoms with Crippen molar-refractivity contribution in [1.82, 2.24) is 9.13 Å². The number of aromatic nitrogens is 2. The molecule has 3 atom stereocenters. The highest BCUT2D eigenvalue weighted by Gasteiger charge is 2.42. The maximum Gasteiger partial charge on any atom is 0.335 e. The van der Waals surface area contributed by atoms with Gasteiger partial charge in [0.25, 0.3) is 5.56 Å². The minimum atomic E-state index is -2.53. The van der Waals surface area contributed by atoms with Gasteiger partial charge in [-0.15, -0.1) is 0 Å². The fourth-order valence-electron chi connectivity index (χ4n) is 6.95. The molecule has 0 unspecified atom stereocenters. The van der Waals surface area contributed by atoms with E-state index in [9.17, 15) is 14.4 Å². The molecule has 8 nitrogen and oxygen atoms in total. The van der Waals surface area contributed by atoms with Gasteiger partial charge in [-0.05, 0) is 71.6 Å². The number of hydrogen-bond donors (Lipinski definition) is 0. The van der Waals surface area contributed by atoms with E-state index in [0.29, 0.717) is 18.6 Å². The molecule has 5 aromatic rings. The number of hydrogen-bond acceptors (Lipinski definition) is 6. The molecule has 0 saturated carbocycles. The molecule has 55 heavy (non-hydrogen) atoms. The highest BCUT2D eigenvalue weighted by atomic mass is 31.2. The number of nitrogens with zero attached hydrogens (tertiary/aromatic N) is 2. The molecule has 1 saturated heterocycles. The van der Waals surface area contributed by atoms with Crippen LogP contribution in [0.2, 0.25) is 18.1 Å². The lowest BCUT2D eigenvalue weighted by Gasteiger charge is -2.37. The van der Waals surface area contributed by atoms with E-state index in [1.54, 1.807) is 13.1 Å². The molecule has 0 spiro atoms. The van der Waals surface area contributed by atoms with E-state index in [-0.39, 0.29) is 36.5 Å². The zero-order chi connectivity index (χ0) is 39.2. The van der Waals surface area contributed by atoms with Crippen LogP contribution >= 0.6 is 6.89 Å². The number of aryl methyl sites for hydroxylation is 1. The molecule has 1 fully saturated rings. The van der Waals surface area contributed by atoms with E-state index in [1.807, 2.05) is 90.7 Å². The van der Waals surface area contributed by atoms with Crippen molar-refractivity contribution < 1.29 is 18.7 Å². The number of Topliss-reactive ketones (excluding diaryl/α,β-unsaturated/α-hetero) is 1. The third kappa shape index (κ3) is 9.03. The van der Waals surface area contributed by atoms with Gasteiger partial charge in [-0.25, -0.2) is 9.36 Å². The molecule has 1 aromatic heterocycles. The molecule has 0 radical (unpaired) electrons. The topological polar surface area (TPSA) is 88.8 Å². The Hall–Kier alpha value is -4.37. The van der Waals surface area contributed by atoms with Crippen LogP contribution < -0.4 is 27.2 Å². The smallest absolute Gasteiger partial charge is 0.335 e. The summed E-state index contributed by atoms with van der Waals surface area (Å²) in [5, 5.41) is 3.26. The molecule has 4 aromatic carbocycles. The molecule has 0 amide bonds. The van der Waals surface area contributed by atoms with Crippen LogP contribution in [0.5, 0.6) is 0 Å². The van der Waals surface area contributed by atoms with Crippen LogP contribution in [-0.2, 0) is 32.0 Å². The summed E-state index contributed by atoms with van der Waals surface area (Å²) < 4.78 is 21.9. The van der Waals surface area contributed by atoms with Gasteiger partial charge >= 0.3 is 5.69 Å². The summed E-state index contributed by atoms with van der Waals surface area (Å²) in [6.45, 7) is 10.5. The molecule has 288 valence electrons. The third-order valence-corrected chi connectivity index (χ3v) is 19.6. The first-order chi connectivity index (χ1) is 26.3. The standard InChI is InChI=1S/C45H53N2O6PSi/c1-34-29-46(44(50)47(43(34)49)33-51-30-35-19-11-7-12-20-35)42-28-36(41(53-42)31-52-55(5,6)45(2,3)4)27-37(48)32-54(38-21-13-8-14-22-38,39-23-15-9-16-24-39)40-25-17-10-18-26-40/h7-26,29,32,36,41-42H,27-28,30-31,33H2,1-6H3/t36-,41+,42+/m0/s1. The average molecular weight is 777 g/mol. The molecule has 0 aliphatic carbocycles. The Morgan fingerprint density at radius 1 is 0.836 bits per heavy atom. The lowest BCUT2D eigenvalue weighted by atomic mass is 9.95. The summed E-state index contributed by atoms with van der Waals surface area (Å²) in [4.78, 5) is 41.9. The highest BCUT2D eigenvalue weighted by Crippen LogP contribution is 2.45. The fourth-order valence-corrected chi connectivity index (χ4v) is 11.8. The van der Waals surface area contributed by atoms with Crippen LogP contribution in [0, 0.1) is 12.8 Å². The van der Waals surface area contributed by atoms with Gasteiger partial charge < -0.3 is 13.9 Å². The van der Waals surface area contributed by atoms with Crippen LogP contribution in [0.1, 0.15) is 51.0 Å². The lowest BCUT2D eigenvalue weighted by Crippen LogP contribution is -2.44. The van der Waals surface area contributed by atoms with Crippen LogP contribution in [-0.4, -0.2) is 41.7 Å². The van der Waals surface area contributed by atoms with E-state index in [2.05, 4.69) is 70.3 Å². The summed E-state index contributed by atoms with van der Waals surface area (Å²) in [6.07, 6.45) is 1.04. The van der Waals surface area contributed by atoms with Gasteiger partial charge in [-0.3, -0.25) is 14.2 Å². The Labute approximate surface area is 325 Å². The Bertz CT molecular complexity index is 2130. The molecule has 1 aliphatic heterocycles. The van der Waals surface area contributed by atoms with Crippen molar-refractivity contribution in [2.24, 2.45) is 5.92 Å². The van der Waals surface area contributed by atoms with Crippen LogP contribution in [0.15, 0.2) is 137 Å². The fraction of sp³-hybridized carbons (Fsp3) is 0.333. The average Bonchev–Trinajstić information content (AvgIpc) is 3.58. The van der Waals surface area contributed by atoms with Crippen molar-refractivity contribution in [3.8, 4) is 0 Å². The number of ketones is 1. The number of benzene rings is 4. The zero-order valence-corrected chi connectivity index (χ0v) is 34.7. The Morgan fingerprint density at radius 2 is 1.35 bits per heavy atom. The molecule has 0 N–H and O–H groups in total. The van der Waals surface area contributed by atoms with E-state index in [0.717, 1.165) is 26.0 Å². The van der Waals surface area contributed by atoms with Crippen molar-refractivity contribution in [2.75, 3.05) is 6.61 Å². The monoisotopic (exact) mass is 776 g/mol. The first-order valence-corrected chi connectivity index (χ1v) is 23.7. The highest BCUT2D eigenvalue weighted by molar-refractivity contribution is 7.95. The second-order valence-corrected chi connectivity index (χ2v) is 24.0. The van der Waals surface area contributed by atoms with Crippen molar-refractivity contribution in [3.63, 3.8) is 0 Å². The van der Waals surface area contributed by atoms with Gasteiger partial charge in [0.15, 0.2) is 14.1 Å². The van der Waals surface area contributed by atoms with Gasteiger partial charge in [0.1, 0.15) is 13.0 Å². The maximum absolute atomic E-state index is 14.7. The third-order valence-electron chi connectivity index (χ3n) is 11.1. The van der Waals surface area contributed by atoms with Gasteiger partial charge in [0.05, 0.1) is 19.3 Å². The van der Waals surface area contributed by atoms with Crippen molar-refractivity contribution in [2.45, 2.75) is 84.3 Å². The van der Waals surface area contributed by atoms with Crippen molar-refractivity contribution in [1.29, 1.82) is 0 Å². The summed E-state index contributed by atoms with van der Waals surface area (Å²) in [6, 6.07) is 40.5. The Balaban J connectivity index is 1.36. The summed E-state index contributed by atoms with van der Waals surface area (Å²) in [7, 11) is -2.19. The summed E-state index contributed by atoms with van der Waals surface area (Å²) in [5.41, 5.74) is 0.416. The maximum atomic E-state index is 14.7. The van der Waals surface area contributed by atoms with Gasteiger partial charge in [0.2, 0.25) is 0 Å². The van der Waals surface area contributed by atoms with Gasteiger partial charge in [-0.1, -0.05) is 142 Å². The Morgan fingerprint density at radius 3 is 1.85 bits per heavy atom. The Kier molecular flexibility index (Phi) is 12.6. The summed E-state index contributed by atoms with van der Waals surface area (Å²) >= 11 is 0. The molecule has 6 rings (SSSR count). The van der Waals surface area contributed by atoms with E-state index < -0.39 is 38.8 Å². The normalized spacial score (nSPS) is 17.6. The van der Waals surface area contributed by atoms with E-state index in [4.69, 9.17) is 13.9 Å². The molecule has 10 heteroatoms. The summed E-state index contributed by atoms with van der Waals surface area (Å²) in [5.74, 6) is 1.75. The number of carbonyl (C=O) groups excluding carboxylic acids is 1. The number of ether oxygens (including phenoxy) is 2. The van der Waals surface area contributed by atoms with E-state index >= 15 is 0 Å². The second-order valence-electron chi connectivity index (χ2n) is 15.9. The second kappa shape index (κ2) is 17.2. The predicted octanol–water partition coefficient (Wildman–Crippen LogP) is 7.17. The minimum absolute atomic E-state index is 0.0132. The molecule has 2 heterocycles. The largest absolute Gasteiger partial charge is 0.414 e. The lowest BCUT2D eigenvalue weighted by molar-refractivity contribution is -0.114. The predicted molar refractivity (Wildman–Crippen MR) is 227 cm³/mol. The van der Waals surface area contributed by atoms with E-state index in [1.165, 1.54) is 4.57 Å². The van der Waals surface area contributed by atoms with Crippen LogP contribution in [0.3, 0.4) is 0 Å². The molecule has 1 aliphatic rings. The molecule has 0 bridgehead atoms. The SMILES string of the molecule is Cc1cn([C@H]2C[C@H](CC(=O)C=P(c3ccccc3)(c3ccccc3)c3ccccc3)[C@@H](CO[Si](C)(C)C(C)(C)C)O2)c(=O)n(COCc2ccccc2)c1=O. The zero-order valence-electron chi connectivity index (χ0n) is 32.8.